The van der Waals surface area contributed by atoms with Crippen LogP contribution >= 0.6 is 0 Å². The van der Waals surface area contributed by atoms with E-state index in [1.165, 1.54) is 12.8 Å². The maximum Gasteiger partial charge on any atom is 0.297 e. The van der Waals surface area contributed by atoms with E-state index in [-0.39, 0.29) is 0 Å². The van der Waals surface area contributed by atoms with Gasteiger partial charge >= 0.3 is 0 Å². The fourth-order valence-corrected chi connectivity index (χ4v) is 2.51. The summed E-state index contributed by atoms with van der Waals surface area (Å²) in [6.07, 6.45) is 2.49. The lowest BCUT2D eigenvalue weighted by atomic mass is 10.0. The zero-order valence-electron chi connectivity index (χ0n) is 10.7. The molecular weight excluding hydrogens is 226 g/mol. The Kier molecular flexibility index (Phi) is 3.19. The zero-order chi connectivity index (χ0) is 12.4. The summed E-state index contributed by atoms with van der Waals surface area (Å²) in [5.41, 5.74) is 2.12. The van der Waals surface area contributed by atoms with Gasteiger partial charge in [-0.3, -0.25) is 4.57 Å². The van der Waals surface area contributed by atoms with Crippen LogP contribution in [0.5, 0.6) is 6.01 Å². The highest BCUT2D eigenvalue weighted by Gasteiger charge is 2.15. The number of ether oxygens (including phenoxy) is 1. The summed E-state index contributed by atoms with van der Waals surface area (Å²) in [5.74, 6) is 0.610. The first-order valence-electron chi connectivity index (χ1n) is 6.59. The van der Waals surface area contributed by atoms with Crippen molar-refractivity contribution >= 4 is 11.0 Å². The number of aryl methyl sites for hydroxylation is 1. The third kappa shape index (κ3) is 2.20. The van der Waals surface area contributed by atoms with Gasteiger partial charge < -0.3 is 10.1 Å². The molecule has 18 heavy (non-hydrogen) atoms. The predicted molar refractivity (Wildman–Crippen MR) is 71.8 cm³/mol. The molecule has 1 N–H and O–H groups in total. The molecule has 1 atom stereocenters. The van der Waals surface area contributed by atoms with Gasteiger partial charge in [0.05, 0.1) is 17.6 Å². The van der Waals surface area contributed by atoms with Gasteiger partial charge in [0, 0.05) is 19.5 Å². The number of rotatable bonds is 3. The number of para-hydroxylation sites is 2. The topological polar surface area (TPSA) is 39.1 Å². The second kappa shape index (κ2) is 4.98. The molecule has 1 aromatic carbocycles. The van der Waals surface area contributed by atoms with Crippen LogP contribution in [-0.4, -0.2) is 29.2 Å². The molecule has 0 saturated carbocycles. The molecule has 96 valence electrons. The Hall–Kier alpha value is -1.55. The summed E-state index contributed by atoms with van der Waals surface area (Å²) < 4.78 is 7.89. The number of nitrogens with one attached hydrogen (secondary N) is 1. The summed E-state index contributed by atoms with van der Waals surface area (Å²) in [7, 11) is 2.00. The van der Waals surface area contributed by atoms with Crippen molar-refractivity contribution in [1.82, 2.24) is 14.9 Å². The molecule has 4 nitrogen and oxygen atoms in total. The van der Waals surface area contributed by atoms with Gasteiger partial charge in [0.1, 0.15) is 0 Å². The van der Waals surface area contributed by atoms with Crippen LogP contribution in [0, 0.1) is 5.92 Å². The predicted octanol–water partition coefficient (Wildman–Crippen LogP) is 1.95. The summed E-state index contributed by atoms with van der Waals surface area (Å²) in [6, 6.07) is 8.84. The molecule has 0 spiro atoms. The van der Waals surface area contributed by atoms with Crippen LogP contribution in [0.3, 0.4) is 0 Å². The third-order valence-electron chi connectivity index (χ3n) is 3.59. The van der Waals surface area contributed by atoms with Crippen molar-refractivity contribution in [1.29, 1.82) is 0 Å². The van der Waals surface area contributed by atoms with Gasteiger partial charge in [0.2, 0.25) is 0 Å². The Morgan fingerprint density at radius 1 is 1.44 bits per heavy atom. The van der Waals surface area contributed by atoms with Crippen LogP contribution in [0.15, 0.2) is 24.3 Å². The number of fused-ring (bicyclic) bond motifs is 1. The second-order valence-electron chi connectivity index (χ2n) is 4.97. The monoisotopic (exact) mass is 245 g/mol. The zero-order valence-corrected chi connectivity index (χ0v) is 10.7. The molecule has 0 bridgehead atoms. The molecule has 0 radical (unpaired) electrons. The minimum absolute atomic E-state index is 0.610. The lowest BCUT2D eigenvalue weighted by molar-refractivity contribution is 0.201. The molecule has 3 rings (SSSR count). The highest BCUT2D eigenvalue weighted by Crippen LogP contribution is 2.20. The number of piperidine rings is 1. The van der Waals surface area contributed by atoms with E-state index < -0.39 is 0 Å². The van der Waals surface area contributed by atoms with Crippen molar-refractivity contribution in [2.75, 3.05) is 19.7 Å². The Morgan fingerprint density at radius 2 is 2.33 bits per heavy atom. The van der Waals surface area contributed by atoms with Crippen LogP contribution < -0.4 is 10.1 Å². The largest absolute Gasteiger partial charge is 0.464 e. The molecular formula is C14H19N3O. The van der Waals surface area contributed by atoms with Gasteiger partial charge in [-0.25, -0.2) is 0 Å². The molecule has 0 amide bonds. The Bertz CT molecular complexity index is 529. The standard InChI is InChI=1S/C14H19N3O/c1-17-13-7-3-2-6-12(13)16-14(17)18-10-11-5-4-8-15-9-11/h2-3,6-7,11,15H,4-5,8-10H2,1H3/t11-/m0/s1. The number of aromatic nitrogens is 2. The van der Waals surface area contributed by atoms with E-state index in [4.69, 9.17) is 4.74 Å². The summed E-state index contributed by atoms with van der Waals surface area (Å²) in [4.78, 5) is 4.52. The van der Waals surface area contributed by atoms with Gasteiger partial charge in [-0.1, -0.05) is 12.1 Å². The molecule has 0 unspecified atom stereocenters. The molecule has 1 aromatic heterocycles. The summed E-state index contributed by atoms with van der Waals surface area (Å²) in [5, 5.41) is 3.41. The average molecular weight is 245 g/mol. The normalized spacial score (nSPS) is 20.2. The molecule has 2 aromatic rings. The SMILES string of the molecule is Cn1c(OC[C@H]2CCCNC2)nc2ccccc21. The molecule has 2 heterocycles. The van der Waals surface area contributed by atoms with Crippen LogP contribution in [0.4, 0.5) is 0 Å². The Balaban J connectivity index is 1.72. The summed E-state index contributed by atoms with van der Waals surface area (Å²) >= 11 is 0. The average Bonchev–Trinajstić information content (AvgIpc) is 2.75. The highest BCUT2D eigenvalue weighted by atomic mass is 16.5. The number of hydrogen-bond donors (Lipinski definition) is 1. The van der Waals surface area contributed by atoms with Crippen molar-refractivity contribution in [3.63, 3.8) is 0 Å². The molecule has 1 aliphatic heterocycles. The van der Waals surface area contributed by atoms with E-state index in [9.17, 15) is 0 Å². The van der Waals surface area contributed by atoms with Crippen molar-refractivity contribution in [2.45, 2.75) is 12.8 Å². The number of hydrogen-bond acceptors (Lipinski definition) is 3. The third-order valence-corrected chi connectivity index (χ3v) is 3.59. The Labute approximate surface area is 107 Å². The molecule has 4 heteroatoms. The second-order valence-corrected chi connectivity index (χ2v) is 4.97. The van der Waals surface area contributed by atoms with Crippen molar-refractivity contribution < 1.29 is 4.74 Å². The maximum absolute atomic E-state index is 5.87. The minimum atomic E-state index is 0.610. The molecule has 0 aliphatic carbocycles. The van der Waals surface area contributed by atoms with E-state index in [1.807, 2.05) is 29.8 Å². The molecule has 1 saturated heterocycles. The minimum Gasteiger partial charge on any atom is -0.464 e. The van der Waals surface area contributed by atoms with Gasteiger partial charge in [-0.2, -0.15) is 4.98 Å². The number of nitrogens with zero attached hydrogens (tertiary/aromatic N) is 2. The maximum atomic E-state index is 5.87. The van der Waals surface area contributed by atoms with Crippen LogP contribution in [0.2, 0.25) is 0 Å². The molecule has 1 aliphatic rings. The van der Waals surface area contributed by atoms with Crippen LogP contribution in [0.25, 0.3) is 11.0 Å². The fourth-order valence-electron chi connectivity index (χ4n) is 2.51. The summed E-state index contributed by atoms with van der Waals surface area (Å²) in [6.45, 7) is 2.96. The first-order chi connectivity index (χ1) is 8.84. The lowest BCUT2D eigenvalue weighted by Gasteiger charge is -2.22. The van der Waals surface area contributed by atoms with E-state index in [0.717, 1.165) is 36.7 Å². The lowest BCUT2D eigenvalue weighted by Crippen LogP contribution is -2.33. The van der Waals surface area contributed by atoms with Gasteiger partial charge in [-0.15, -0.1) is 0 Å². The van der Waals surface area contributed by atoms with Gasteiger partial charge in [0.25, 0.3) is 6.01 Å². The number of benzene rings is 1. The first-order valence-corrected chi connectivity index (χ1v) is 6.59. The van der Waals surface area contributed by atoms with Crippen molar-refractivity contribution in [3.05, 3.63) is 24.3 Å². The fraction of sp³-hybridized carbons (Fsp3) is 0.500. The first kappa shape index (κ1) is 11.5. The van der Waals surface area contributed by atoms with Crippen molar-refractivity contribution in [2.24, 2.45) is 13.0 Å². The number of imidazole rings is 1. The van der Waals surface area contributed by atoms with Gasteiger partial charge in [0.15, 0.2) is 0 Å². The van der Waals surface area contributed by atoms with Gasteiger partial charge in [-0.05, 0) is 31.5 Å². The quantitative estimate of drug-likeness (QED) is 0.898. The highest BCUT2D eigenvalue weighted by molar-refractivity contribution is 5.76. The van der Waals surface area contributed by atoms with E-state index in [0.29, 0.717) is 5.92 Å². The van der Waals surface area contributed by atoms with E-state index in [1.54, 1.807) is 0 Å². The van der Waals surface area contributed by atoms with Crippen LogP contribution in [0.1, 0.15) is 12.8 Å². The Morgan fingerprint density at radius 3 is 3.11 bits per heavy atom. The molecule has 1 fully saturated rings. The smallest absolute Gasteiger partial charge is 0.297 e. The van der Waals surface area contributed by atoms with Crippen molar-refractivity contribution in [3.8, 4) is 6.01 Å². The van der Waals surface area contributed by atoms with E-state index >= 15 is 0 Å². The van der Waals surface area contributed by atoms with Crippen LogP contribution in [-0.2, 0) is 7.05 Å². The van der Waals surface area contributed by atoms with E-state index in [2.05, 4.69) is 16.4 Å².